The van der Waals surface area contributed by atoms with E-state index in [4.69, 9.17) is 5.73 Å². The van der Waals surface area contributed by atoms with Crippen LogP contribution in [0.15, 0.2) is 30.3 Å². The molecule has 102 valence electrons. The Balaban J connectivity index is 2.16. The number of aromatic nitrogens is 4. The molecular formula is C13H20N6. The van der Waals surface area contributed by atoms with Crippen LogP contribution in [0.4, 0.5) is 5.95 Å². The van der Waals surface area contributed by atoms with Gasteiger partial charge in [0, 0.05) is 12.6 Å². The summed E-state index contributed by atoms with van der Waals surface area (Å²) in [6.45, 7) is 4.90. The monoisotopic (exact) mass is 260 g/mol. The van der Waals surface area contributed by atoms with E-state index < -0.39 is 0 Å². The fraction of sp³-hybridized carbons (Fsp3) is 0.462. The van der Waals surface area contributed by atoms with Crippen molar-refractivity contribution >= 4 is 5.95 Å². The number of nitrogens with zero attached hydrogens (tertiary/aromatic N) is 4. The van der Waals surface area contributed by atoms with Crippen molar-refractivity contribution in [1.29, 1.82) is 0 Å². The van der Waals surface area contributed by atoms with E-state index in [0.29, 0.717) is 18.4 Å². The van der Waals surface area contributed by atoms with Crippen LogP contribution in [0.3, 0.4) is 0 Å². The summed E-state index contributed by atoms with van der Waals surface area (Å²) in [5.41, 5.74) is 6.71. The van der Waals surface area contributed by atoms with Gasteiger partial charge in [-0.2, -0.15) is 4.68 Å². The van der Waals surface area contributed by atoms with Crippen molar-refractivity contribution in [2.24, 2.45) is 11.7 Å². The number of anilines is 1. The molecule has 19 heavy (non-hydrogen) atoms. The fourth-order valence-electron chi connectivity index (χ4n) is 1.99. The lowest BCUT2D eigenvalue weighted by molar-refractivity contribution is 0.518. The molecule has 0 amide bonds. The van der Waals surface area contributed by atoms with Gasteiger partial charge < -0.3 is 11.1 Å². The normalized spacial score (nSPS) is 12.6. The van der Waals surface area contributed by atoms with Gasteiger partial charge in [0.15, 0.2) is 0 Å². The second-order valence-electron chi connectivity index (χ2n) is 4.96. The first kappa shape index (κ1) is 13.5. The van der Waals surface area contributed by atoms with Crippen molar-refractivity contribution in [2.45, 2.75) is 26.3 Å². The molecule has 3 N–H and O–H groups in total. The zero-order valence-corrected chi connectivity index (χ0v) is 11.3. The van der Waals surface area contributed by atoms with Crippen molar-refractivity contribution in [1.82, 2.24) is 20.2 Å². The van der Waals surface area contributed by atoms with Crippen molar-refractivity contribution < 1.29 is 0 Å². The third-order valence-corrected chi connectivity index (χ3v) is 2.84. The van der Waals surface area contributed by atoms with Gasteiger partial charge in [-0.25, -0.2) is 0 Å². The number of hydrogen-bond donors (Lipinski definition) is 2. The Kier molecular flexibility index (Phi) is 4.46. The van der Waals surface area contributed by atoms with Gasteiger partial charge in [0.25, 0.3) is 0 Å². The predicted molar refractivity (Wildman–Crippen MR) is 75.1 cm³/mol. The summed E-state index contributed by atoms with van der Waals surface area (Å²) in [4.78, 5) is 0. The molecule has 0 spiro atoms. The number of para-hydroxylation sites is 1. The maximum atomic E-state index is 5.79. The fourth-order valence-corrected chi connectivity index (χ4v) is 1.99. The van der Waals surface area contributed by atoms with Crippen LogP contribution in [0.2, 0.25) is 0 Å². The molecule has 1 atom stereocenters. The zero-order chi connectivity index (χ0) is 13.7. The second kappa shape index (κ2) is 6.29. The van der Waals surface area contributed by atoms with Gasteiger partial charge in [-0.05, 0) is 34.9 Å². The number of tetrazole rings is 1. The Morgan fingerprint density at radius 1 is 1.26 bits per heavy atom. The second-order valence-corrected chi connectivity index (χ2v) is 4.96. The Hall–Kier alpha value is -1.95. The molecule has 0 aliphatic carbocycles. The molecule has 2 rings (SSSR count). The summed E-state index contributed by atoms with van der Waals surface area (Å²) in [5, 5.41) is 15.1. The summed E-state index contributed by atoms with van der Waals surface area (Å²) >= 11 is 0. The van der Waals surface area contributed by atoms with Crippen LogP contribution in [0, 0.1) is 5.92 Å². The Morgan fingerprint density at radius 3 is 2.63 bits per heavy atom. The van der Waals surface area contributed by atoms with Crippen LogP contribution < -0.4 is 11.1 Å². The van der Waals surface area contributed by atoms with Crippen LogP contribution >= 0.6 is 0 Å². The molecule has 1 unspecified atom stereocenters. The number of rotatable bonds is 6. The van der Waals surface area contributed by atoms with E-state index in [1.165, 1.54) is 0 Å². The molecule has 0 radical (unpaired) electrons. The highest BCUT2D eigenvalue weighted by Gasteiger charge is 2.14. The summed E-state index contributed by atoms with van der Waals surface area (Å²) in [5.74, 6) is 1.20. The van der Waals surface area contributed by atoms with Crippen molar-refractivity contribution in [3.8, 4) is 5.69 Å². The molecule has 0 saturated carbocycles. The molecule has 0 aliphatic heterocycles. The molecule has 6 heteroatoms. The Morgan fingerprint density at radius 2 is 2.00 bits per heavy atom. The van der Waals surface area contributed by atoms with Gasteiger partial charge in [-0.1, -0.05) is 37.1 Å². The van der Waals surface area contributed by atoms with E-state index in [1.807, 2.05) is 30.3 Å². The number of nitrogens with two attached hydrogens (primary N) is 1. The molecule has 6 nitrogen and oxygen atoms in total. The van der Waals surface area contributed by atoms with Crippen LogP contribution in [0.5, 0.6) is 0 Å². The number of benzene rings is 1. The van der Waals surface area contributed by atoms with E-state index in [1.54, 1.807) is 4.68 Å². The van der Waals surface area contributed by atoms with E-state index in [-0.39, 0.29) is 6.04 Å². The molecule has 0 aliphatic rings. The molecule has 1 heterocycles. The highest BCUT2D eigenvalue weighted by molar-refractivity contribution is 5.38. The molecule has 1 aromatic heterocycles. The SMILES string of the molecule is CC(C)CC(CN)Nc1nnnn1-c1ccccc1. The van der Waals surface area contributed by atoms with E-state index in [0.717, 1.165) is 12.1 Å². The minimum atomic E-state index is 0.175. The quantitative estimate of drug-likeness (QED) is 0.821. The Bertz CT molecular complexity index is 493. The first-order valence-electron chi connectivity index (χ1n) is 6.51. The lowest BCUT2D eigenvalue weighted by atomic mass is 10.0. The third-order valence-electron chi connectivity index (χ3n) is 2.84. The molecule has 0 saturated heterocycles. The van der Waals surface area contributed by atoms with E-state index in [2.05, 4.69) is 34.7 Å². The molecule has 0 bridgehead atoms. The van der Waals surface area contributed by atoms with Crippen molar-refractivity contribution in [3.63, 3.8) is 0 Å². The summed E-state index contributed by atoms with van der Waals surface area (Å²) < 4.78 is 1.68. The van der Waals surface area contributed by atoms with Gasteiger partial charge in [0.1, 0.15) is 0 Å². The maximum Gasteiger partial charge on any atom is 0.248 e. The average Bonchev–Trinajstić information content (AvgIpc) is 2.86. The topological polar surface area (TPSA) is 81.7 Å². The lowest BCUT2D eigenvalue weighted by Crippen LogP contribution is -2.31. The first-order valence-corrected chi connectivity index (χ1v) is 6.51. The lowest BCUT2D eigenvalue weighted by Gasteiger charge is -2.18. The van der Waals surface area contributed by atoms with Crippen LogP contribution in [0.25, 0.3) is 5.69 Å². The highest BCUT2D eigenvalue weighted by Crippen LogP contribution is 2.13. The number of hydrogen-bond acceptors (Lipinski definition) is 5. The zero-order valence-electron chi connectivity index (χ0n) is 11.3. The molecule has 2 aromatic rings. The number of nitrogens with one attached hydrogen (secondary N) is 1. The largest absolute Gasteiger partial charge is 0.349 e. The summed E-state index contributed by atoms with van der Waals surface area (Å²) in [7, 11) is 0. The van der Waals surface area contributed by atoms with Crippen molar-refractivity contribution in [3.05, 3.63) is 30.3 Å². The maximum absolute atomic E-state index is 5.79. The van der Waals surface area contributed by atoms with Gasteiger partial charge in [-0.3, -0.25) is 0 Å². The minimum absolute atomic E-state index is 0.175. The minimum Gasteiger partial charge on any atom is -0.349 e. The van der Waals surface area contributed by atoms with Crippen LogP contribution in [0.1, 0.15) is 20.3 Å². The standard InChI is InChI=1S/C13H20N6/c1-10(2)8-11(9-14)15-13-16-17-18-19(13)12-6-4-3-5-7-12/h3-7,10-11H,8-9,14H2,1-2H3,(H,15,16,18). The summed E-state index contributed by atoms with van der Waals surface area (Å²) in [6.07, 6.45) is 0.984. The highest BCUT2D eigenvalue weighted by atomic mass is 15.6. The van der Waals surface area contributed by atoms with Crippen LogP contribution in [-0.2, 0) is 0 Å². The molecule has 1 aromatic carbocycles. The first-order chi connectivity index (χ1) is 9.20. The van der Waals surface area contributed by atoms with Gasteiger partial charge in [0.05, 0.1) is 5.69 Å². The predicted octanol–water partition coefficient (Wildman–Crippen LogP) is 1.45. The van der Waals surface area contributed by atoms with Crippen LogP contribution in [-0.4, -0.2) is 32.8 Å². The van der Waals surface area contributed by atoms with Gasteiger partial charge >= 0.3 is 0 Å². The van der Waals surface area contributed by atoms with Gasteiger partial charge in [0.2, 0.25) is 5.95 Å². The third kappa shape index (κ3) is 3.51. The molecule has 0 fully saturated rings. The van der Waals surface area contributed by atoms with E-state index in [9.17, 15) is 0 Å². The van der Waals surface area contributed by atoms with Gasteiger partial charge in [-0.15, -0.1) is 0 Å². The smallest absolute Gasteiger partial charge is 0.248 e. The Labute approximate surface area is 113 Å². The average molecular weight is 260 g/mol. The van der Waals surface area contributed by atoms with Crippen molar-refractivity contribution in [2.75, 3.05) is 11.9 Å². The molecular weight excluding hydrogens is 240 g/mol. The van der Waals surface area contributed by atoms with E-state index >= 15 is 0 Å². The summed E-state index contributed by atoms with van der Waals surface area (Å²) in [6, 6.07) is 9.96.